The van der Waals surface area contributed by atoms with Gasteiger partial charge in [-0.1, -0.05) is 0 Å². The van der Waals surface area contributed by atoms with Crippen LogP contribution in [-0.2, 0) is 9.47 Å². The summed E-state index contributed by atoms with van der Waals surface area (Å²) in [6.45, 7) is 3.85. The van der Waals surface area contributed by atoms with Gasteiger partial charge in [-0.3, -0.25) is 14.5 Å². The highest BCUT2D eigenvalue weighted by Gasteiger charge is 2.35. The molecular weight excluding hydrogens is 341 g/mol. The third kappa shape index (κ3) is 3.35. The standard InChI is InChI=1S/C18H20FN3O4/c19-11-1-2-14-12(7-11)13(8-17(23)20-14)18(24)21-15-9-26-10-16(15)22-3-5-25-6-4-22/h1-2,7-8,15-16H,3-6,9-10H2,(H,20,23)(H,21,24)/t15-,16-/m0/s1. The van der Waals surface area contributed by atoms with Gasteiger partial charge in [-0.05, 0) is 18.2 Å². The van der Waals surface area contributed by atoms with E-state index in [2.05, 4.69) is 15.2 Å². The van der Waals surface area contributed by atoms with Crippen LogP contribution in [0.3, 0.4) is 0 Å². The van der Waals surface area contributed by atoms with Crippen LogP contribution < -0.4 is 10.9 Å². The quantitative estimate of drug-likeness (QED) is 0.832. The maximum atomic E-state index is 13.6. The van der Waals surface area contributed by atoms with E-state index in [1.165, 1.54) is 24.3 Å². The first-order valence-electron chi connectivity index (χ1n) is 8.65. The van der Waals surface area contributed by atoms with Gasteiger partial charge < -0.3 is 19.8 Å². The Kier molecular flexibility index (Phi) is 4.71. The zero-order chi connectivity index (χ0) is 18.1. The molecule has 7 nitrogen and oxygen atoms in total. The Morgan fingerprint density at radius 1 is 1.19 bits per heavy atom. The number of rotatable bonds is 3. The Morgan fingerprint density at radius 2 is 2.00 bits per heavy atom. The van der Waals surface area contributed by atoms with Gasteiger partial charge >= 0.3 is 0 Å². The van der Waals surface area contributed by atoms with Gasteiger partial charge in [0.25, 0.3) is 5.91 Å². The molecular formula is C18H20FN3O4. The number of hydrogen-bond donors (Lipinski definition) is 2. The number of ether oxygens (including phenoxy) is 2. The van der Waals surface area contributed by atoms with Crippen molar-refractivity contribution in [1.29, 1.82) is 0 Å². The fourth-order valence-electron chi connectivity index (χ4n) is 3.61. The van der Waals surface area contributed by atoms with Crippen LogP contribution in [0.4, 0.5) is 4.39 Å². The maximum absolute atomic E-state index is 13.6. The van der Waals surface area contributed by atoms with Gasteiger partial charge in [0.15, 0.2) is 0 Å². The average molecular weight is 361 g/mol. The highest BCUT2D eigenvalue weighted by atomic mass is 19.1. The van der Waals surface area contributed by atoms with Crippen LogP contribution in [0.1, 0.15) is 10.4 Å². The Balaban J connectivity index is 1.59. The number of carbonyl (C=O) groups excluding carboxylic acids is 1. The number of nitrogens with one attached hydrogen (secondary N) is 2. The monoisotopic (exact) mass is 361 g/mol. The van der Waals surface area contributed by atoms with Gasteiger partial charge in [0.1, 0.15) is 5.82 Å². The molecule has 0 aliphatic carbocycles. The van der Waals surface area contributed by atoms with Crippen molar-refractivity contribution in [2.24, 2.45) is 0 Å². The number of carbonyl (C=O) groups is 1. The first-order valence-corrected chi connectivity index (χ1v) is 8.65. The molecule has 0 radical (unpaired) electrons. The third-order valence-electron chi connectivity index (χ3n) is 4.93. The van der Waals surface area contributed by atoms with Gasteiger partial charge in [0.05, 0.1) is 44.1 Å². The maximum Gasteiger partial charge on any atom is 0.252 e. The fraction of sp³-hybridized carbons (Fsp3) is 0.444. The summed E-state index contributed by atoms with van der Waals surface area (Å²) < 4.78 is 24.6. The van der Waals surface area contributed by atoms with Crippen molar-refractivity contribution in [2.75, 3.05) is 39.5 Å². The van der Waals surface area contributed by atoms with Crippen molar-refractivity contribution in [1.82, 2.24) is 15.2 Å². The van der Waals surface area contributed by atoms with E-state index < -0.39 is 17.3 Å². The van der Waals surface area contributed by atoms with E-state index in [0.29, 0.717) is 37.3 Å². The molecule has 1 aromatic carbocycles. The number of aromatic nitrogens is 1. The molecule has 8 heteroatoms. The highest BCUT2D eigenvalue weighted by molar-refractivity contribution is 6.06. The molecule has 2 atom stereocenters. The number of halogens is 1. The summed E-state index contributed by atoms with van der Waals surface area (Å²) in [6, 6.07) is 5.04. The lowest BCUT2D eigenvalue weighted by Gasteiger charge is -2.34. The van der Waals surface area contributed by atoms with Gasteiger partial charge in [0.2, 0.25) is 5.56 Å². The summed E-state index contributed by atoms with van der Waals surface area (Å²) in [5.74, 6) is -0.866. The number of amides is 1. The number of aromatic amines is 1. The van der Waals surface area contributed by atoms with Crippen LogP contribution >= 0.6 is 0 Å². The fourth-order valence-corrected chi connectivity index (χ4v) is 3.61. The number of fused-ring (bicyclic) bond motifs is 1. The lowest BCUT2D eigenvalue weighted by Crippen LogP contribution is -2.54. The molecule has 2 aliphatic rings. The first kappa shape index (κ1) is 17.1. The van der Waals surface area contributed by atoms with Gasteiger partial charge in [-0.2, -0.15) is 0 Å². The molecule has 2 N–H and O–H groups in total. The van der Waals surface area contributed by atoms with E-state index in [9.17, 15) is 14.0 Å². The molecule has 2 saturated heterocycles. The van der Waals surface area contributed by atoms with Crippen molar-refractivity contribution in [2.45, 2.75) is 12.1 Å². The predicted molar refractivity (Wildman–Crippen MR) is 92.8 cm³/mol. The zero-order valence-electron chi connectivity index (χ0n) is 14.2. The number of H-pyrrole nitrogens is 1. The molecule has 0 bridgehead atoms. The Bertz CT molecular complexity index is 878. The molecule has 2 aliphatic heterocycles. The highest BCUT2D eigenvalue weighted by Crippen LogP contribution is 2.19. The largest absolute Gasteiger partial charge is 0.379 e. The lowest BCUT2D eigenvalue weighted by molar-refractivity contribution is 0.0108. The van der Waals surface area contributed by atoms with Crippen LogP contribution in [0.2, 0.25) is 0 Å². The lowest BCUT2D eigenvalue weighted by atomic mass is 10.1. The van der Waals surface area contributed by atoms with E-state index >= 15 is 0 Å². The summed E-state index contributed by atoms with van der Waals surface area (Å²) in [4.78, 5) is 29.6. The minimum atomic E-state index is -0.464. The summed E-state index contributed by atoms with van der Waals surface area (Å²) in [5, 5.41) is 3.34. The number of nitrogens with zero attached hydrogens (tertiary/aromatic N) is 1. The minimum absolute atomic E-state index is 0.0628. The van der Waals surface area contributed by atoms with Crippen molar-refractivity contribution in [3.8, 4) is 0 Å². The summed E-state index contributed by atoms with van der Waals surface area (Å²) in [5.41, 5.74) is 0.189. The second kappa shape index (κ2) is 7.14. The normalized spacial score (nSPS) is 24.0. The van der Waals surface area contributed by atoms with Gasteiger partial charge in [-0.15, -0.1) is 0 Å². The van der Waals surface area contributed by atoms with Crippen LogP contribution in [0, 0.1) is 5.82 Å². The second-order valence-corrected chi connectivity index (χ2v) is 6.57. The third-order valence-corrected chi connectivity index (χ3v) is 4.93. The molecule has 3 heterocycles. The number of pyridine rings is 1. The van der Waals surface area contributed by atoms with Gasteiger partial charge in [-0.25, -0.2) is 4.39 Å². The molecule has 4 rings (SSSR count). The average Bonchev–Trinajstić information content (AvgIpc) is 3.10. The van der Waals surface area contributed by atoms with E-state index in [0.717, 1.165) is 13.1 Å². The number of benzene rings is 1. The van der Waals surface area contributed by atoms with E-state index in [4.69, 9.17) is 9.47 Å². The van der Waals surface area contributed by atoms with Crippen molar-refractivity contribution >= 4 is 16.8 Å². The molecule has 1 aromatic heterocycles. The topological polar surface area (TPSA) is 83.7 Å². The van der Waals surface area contributed by atoms with Crippen molar-refractivity contribution in [3.05, 3.63) is 46.0 Å². The summed E-state index contributed by atoms with van der Waals surface area (Å²) >= 11 is 0. The molecule has 0 spiro atoms. The molecule has 0 unspecified atom stereocenters. The molecule has 2 aromatic rings. The van der Waals surface area contributed by atoms with Crippen LogP contribution in [-0.4, -0.2) is 67.4 Å². The predicted octanol–water partition coefficient (Wildman–Crippen LogP) is 0.497. The van der Waals surface area contributed by atoms with Crippen molar-refractivity contribution in [3.63, 3.8) is 0 Å². The zero-order valence-corrected chi connectivity index (χ0v) is 14.2. The first-order chi connectivity index (χ1) is 12.6. The second-order valence-electron chi connectivity index (χ2n) is 6.57. The molecule has 2 fully saturated rings. The summed E-state index contributed by atoms with van der Waals surface area (Å²) in [7, 11) is 0. The number of morpholine rings is 1. The molecule has 26 heavy (non-hydrogen) atoms. The smallest absolute Gasteiger partial charge is 0.252 e. The summed E-state index contributed by atoms with van der Waals surface area (Å²) in [6.07, 6.45) is 0. The molecule has 138 valence electrons. The van der Waals surface area contributed by atoms with Crippen LogP contribution in [0.5, 0.6) is 0 Å². The Hall–Kier alpha value is -2.29. The minimum Gasteiger partial charge on any atom is -0.379 e. The Morgan fingerprint density at radius 3 is 2.81 bits per heavy atom. The van der Waals surface area contributed by atoms with Crippen LogP contribution in [0.25, 0.3) is 10.9 Å². The van der Waals surface area contributed by atoms with Crippen LogP contribution in [0.15, 0.2) is 29.1 Å². The Labute approximate surface area is 149 Å². The van der Waals surface area contributed by atoms with Crippen molar-refractivity contribution < 1.29 is 18.7 Å². The van der Waals surface area contributed by atoms with E-state index in [1.54, 1.807) is 0 Å². The van der Waals surface area contributed by atoms with Gasteiger partial charge in [0, 0.05) is 30.1 Å². The molecule has 0 saturated carbocycles. The number of hydrogen-bond acceptors (Lipinski definition) is 5. The molecule has 1 amide bonds. The van der Waals surface area contributed by atoms with E-state index in [-0.39, 0.29) is 17.6 Å². The van der Waals surface area contributed by atoms with E-state index in [1.807, 2.05) is 0 Å². The SMILES string of the molecule is O=C(N[C@H]1COC[C@@H]1N1CCOCC1)c1cc(=O)[nH]c2ccc(F)cc12.